The van der Waals surface area contributed by atoms with Gasteiger partial charge in [-0.1, -0.05) is 31.0 Å². The van der Waals surface area contributed by atoms with Crippen LogP contribution in [0.25, 0.3) is 0 Å². The van der Waals surface area contributed by atoms with Crippen molar-refractivity contribution in [1.82, 2.24) is 10.2 Å². The fraction of sp³-hybridized carbons (Fsp3) is 0.778. The summed E-state index contributed by atoms with van der Waals surface area (Å²) in [6, 6.07) is 0. The van der Waals surface area contributed by atoms with Crippen LogP contribution in [0, 0.1) is 0 Å². The Bertz CT molecular complexity index is 268. The van der Waals surface area contributed by atoms with E-state index in [1.165, 1.54) is 43.9 Å². The number of hydrogen-bond acceptors (Lipinski definition) is 4. The highest BCUT2D eigenvalue weighted by Gasteiger charge is 2.20. The van der Waals surface area contributed by atoms with Gasteiger partial charge >= 0.3 is 0 Å². The molecule has 1 aliphatic rings. The summed E-state index contributed by atoms with van der Waals surface area (Å²) in [7, 11) is 0. The molecule has 1 fully saturated rings. The molecule has 1 heterocycles. The zero-order valence-corrected chi connectivity index (χ0v) is 8.64. The van der Waals surface area contributed by atoms with Gasteiger partial charge in [-0.15, -0.1) is 10.2 Å². The smallest absolute Gasteiger partial charge is 0.276 e. The molecule has 2 rings (SSSR count). The lowest BCUT2D eigenvalue weighted by Gasteiger charge is -2.17. The van der Waals surface area contributed by atoms with E-state index >= 15 is 0 Å². The van der Waals surface area contributed by atoms with Crippen LogP contribution >= 0.6 is 11.8 Å². The van der Waals surface area contributed by atoms with Gasteiger partial charge in [0.25, 0.3) is 5.22 Å². The van der Waals surface area contributed by atoms with Crippen molar-refractivity contribution >= 4 is 11.8 Å². The molecule has 13 heavy (non-hydrogen) atoms. The lowest BCUT2D eigenvalue weighted by molar-refractivity contribution is 0.334. The molecule has 0 amide bonds. The van der Waals surface area contributed by atoms with Gasteiger partial charge in [0.15, 0.2) is 0 Å². The molecule has 4 heteroatoms. The van der Waals surface area contributed by atoms with Crippen LogP contribution in [-0.4, -0.2) is 16.5 Å². The third-order valence-corrected chi connectivity index (χ3v) is 3.07. The Hall–Kier alpha value is -0.510. The normalized spacial score (nSPS) is 19.2. The number of thioether (sulfide) groups is 1. The second kappa shape index (κ2) is 4.13. The first kappa shape index (κ1) is 9.06. The Labute approximate surface area is 82.3 Å². The Morgan fingerprint density at radius 3 is 2.62 bits per heavy atom. The van der Waals surface area contributed by atoms with Gasteiger partial charge in [-0.25, -0.2) is 0 Å². The summed E-state index contributed by atoms with van der Waals surface area (Å²) >= 11 is 1.51. The fourth-order valence-corrected chi connectivity index (χ4v) is 2.11. The molecule has 72 valence electrons. The molecule has 1 aromatic heterocycles. The van der Waals surface area contributed by atoms with Gasteiger partial charge in [-0.2, -0.15) is 0 Å². The summed E-state index contributed by atoms with van der Waals surface area (Å²) in [5.41, 5.74) is 0. The molecule has 0 radical (unpaired) electrons. The maximum Gasteiger partial charge on any atom is 0.276 e. The number of hydrogen-bond donors (Lipinski definition) is 0. The highest BCUT2D eigenvalue weighted by Crippen LogP contribution is 2.32. The van der Waals surface area contributed by atoms with E-state index in [1.54, 1.807) is 0 Å². The van der Waals surface area contributed by atoms with Crippen molar-refractivity contribution < 1.29 is 4.42 Å². The van der Waals surface area contributed by atoms with E-state index in [0.717, 1.165) is 5.89 Å². The minimum atomic E-state index is 0.530. The van der Waals surface area contributed by atoms with Crippen LogP contribution in [0.4, 0.5) is 0 Å². The monoisotopic (exact) mass is 198 g/mol. The van der Waals surface area contributed by atoms with E-state index < -0.39 is 0 Å². The predicted molar refractivity (Wildman–Crippen MR) is 51.9 cm³/mol. The maximum absolute atomic E-state index is 5.51. The van der Waals surface area contributed by atoms with Gasteiger partial charge in [0.1, 0.15) is 0 Å². The molecular weight excluding hydrogens is 184 g/mol. The third kappa shape index (κ3) is 2.05. The van der Waals surface area contributed by atoms with E-state index in [-0.39, 0.29) is 0 Å². The van der Waals surface area contributed by atoms with E-state index in [0.29, 0.717) is 11.1 Å². The molecule has 0 N–H and O–H groups in total. The summed E-state index contributed by atoms with van der Waals surface area (Å²) in [4.78, 5) is 0. The highest BCUT2D eigenvalue weighted by atomic mass is 32.2. The largest absolute Gasteiger partial charge is 0.416 e. The average Bonchev–Trinajstić information content (AvgIpc) is 2.67. The number of rotatable bonds is 2. The van der Waals surface area contributed by atoms with Crippen LogP contribution in [0.15, 0.2) is 9.64 Å². The van der Waals surface area contributed by atoms with Crippen molar-refractivity contribution in [3.63, 3.8) is 0 Å². The van der Waals surface area contributed by atoms with Crippen molar-refractivity contribution in [2.45, 2.75) is 43.2 Å². The van der Waals surface area contributed by atoms with Gasteiger partial charge < -0.3 is 4.42 Å². The fourth-order valence-electron chi connectivity index (χ4n) is 1.82. The number of nitrogens with zero attached hydrogens (tertiary/aromatic N) is 2. The minimum Gasteiger partial charge on any atom is -0.416 e. The zero-order chi connectivity index (χ0) is 9.10. The molecule has 3 nitrogen and oxygen atoms in total. The van der Waals surface area contributed by atoms with Crippen LogP contribution in [0.3, 0.4) is 0 Å². The van der Waals surface area contributed by atoms with Crippen LogP contribution in [-0.2, 0) is 0 Å². The Kier molecular flexibility index (Phi) is 2.88. The third-order valence-electron chi connectivity index (χ3n) is 2.55. The van der Waals surface area contributed by atoms with E-state index in [4.69, 9.17) is 4.42 Å². The van der Waals surface area contributed by atoms with E-state index in [2.05, 4.69) is 10.2 Å². The van der Waals surface area contributed by atoms with Gasteiger partial charge in [0, 0.05) is 5.92 Å². The second-order valence-corrected chi connectivity index (χ2v) is 4.20. The minimum absolute atomic E-state index is 0.530. The SMILES string of the molecule is CSc1nnc(C2CCCCC2)o1. The second-order valence-electron chi connectivity index (χ2n) is 3.45. The molecule has 1 aliphatic carbocycles. The summed E-state index contributed by atoms with van der Waals surface area (Å²) in [5.74, 6) is 1.38. The van der Waals surface area contributed by atoms with Crippen molar-refractivity contribution in [2.75, 3.05) is 6.26 Å². The van der Waals surface area contributed by atoms with E-state index in [9.17, 15) is 0 Å². The lowest BCUT2D eigenvalue weighted by atomic mass is 9.89. The summed E-state index contributed by atoms with van der Waals surface area (Å²) < 4.78 is 5.51. The first-order valence-corrected chi connectivity index (χ1v) is 6.00. The van der Waals surface area contributed by atoms with Gasteiger partial charge in [-0.05, 0) is 19.1 Å². The Balaban J connectivity index is 2.05. The summed E-state index contributed by atoms with van der Waals surface area (Å²) in [6.07, 6.45) is 8.37. The molecular formula is C9H14N2OS. The van der Waals surface area contributed by atoms with Crippen LogP contribution in [0.5, 0.6) is 0 Å². The van der Waals surface area contributed by atoms with Crippen LogP contribution < -0.4 is 0 Å². The predicted octanol–water partition coefficient (Wildman–Crippen LogP) is 2.84. The standard InChI is InChI=1S/C9H14N2OS/c1-13-9-11-10-8(12-9)7-5-3-2-4-6-7/h7H,2-6H2,1H3. The molecule has 1 saturated carbocycles. The van der Waals surface area contributed by atoms with Crippen molar-refractivity contribution in [3.05, 3.63) is 5.89 Å². The summed E-state index contributed by atoms with van der Waals surface area (Å²) in [5, 5.41) is 8.72. The molecule has 0 spiro atoms. The molecule has 0 atom stereocenters. The molecule has 0 bridgehead atoms. The van der Waals surface area contributed by atoms with Crippen LogP contribution in [0.1, 0.15) is 43.9 Å². The topological polar surface area (TPSA) is 38.9 Å². The van der Waals surface area contributed by atoms with Crippen molar-refractivity contribution in [1.29, 1.82) is 0 Å². The molecule has 0 aromatic carbocycles. The number of aromatic nitrogens is 2. The van der Waals surface area contributed by atoms with Gasteiger partial charge in [0.2, 0.25) is 5.89 Å². The average molecular weight is 198 g/mol. The first-order chi connectivity index (χ1) is 6.40. The molecule has 0 unspecified atom stereocenters. The van der Waals surface area contributed by atoms with Crippen molar-refractivity contribution in [3.8, 4) is 0 Å². The highest BCUT2D eigenvalue weighted by molar-refractivity contribution is 7.98. The zero-order valence-electron chi connectivity index (χ0n) is 7.82. The van der Waals surface area contributed by atoms with Crippen LogP contribution in [0.2, 0.25) is 0 Å². The molecule has 0 aliphatic heterocycles. The molecule has 1 aromatic rings. The van der Waals surface area contributed by atoms with Crippen molar-refractivity contribution in [2.24, 2.45) is 0 Å². The first-order valence-electron chi connectivity index (χ1n) is 4.77. The summed E-state index contributed by atoms with van der Waals surface area (Å²) in [6.45, 7) is 0. The molecule has 0 saturated heterocycles. The van der Waals surface area contributed by atoms with Gasteiger partial charge in [0.05, 0.1) is 0 Å². The lowest BCUT2D eigenvalue weighted by Crippen LogP contribution is -2.04. The van der Waals surface area contributed by atoms with Gasteiger partial charge in [-0.3, -0.25) is 0 Å². The Morgan fingerprint density at radius 2 is 2.00 bits per heavy atom. The van der Waals surface area contributed by atoms with E-state index in [1.807, 2.05) is 6.26 Å². The maximum atomic E-state index is 5.51. The quantitative estimate of drug-likeness (QED) is 0.685. The Morgan fingerprint density at radius 1 is 1.23 bits per heavy atom.